The first-order chi connectivity index (χ1) is 11.7. The molecule has 0 amide bonds. The number of esters is 1. The largest absolute Gasteiger partial charge is 0.489 e. The molecule has 0 saturated carbocycles. The second-order valence-corrected chi connectivity index (χ2v) is 5.91. The molecule has 6 nitrogen and oxygen atoms in total. The van der Waals surface area contributed by atoms with E-state index in [-0.39, 0.29) is 11.8 Å². The molecular formula is C17H18ClN3O3. The maximum atomic E-state index is 11.4. The monoisotopic (exact) mass is 347 g/mol. The molecule has 2 heterocycles. The zero-order valence-electron chi connectivity index (χ0n) is 13.3. The fourth-order valence-electron chi connectivity index (χ4n) is 2.63. The highest BCUT2D eigenvalue weighted by Gasteiger charge is 2.22. The molecule has 126 valence electrons. The van der Waals surface area contributed by atoms with Gasteiger partial charge in [0.05, 0.1) is 12.1 Å². The molecule has 0 unspecified atom stereocenters. The van der Waals surface area contributed by atoms with Gasteiger partial charge in [-0.15, -0.1) is 10.2 Å². The Morgan fingerprint density at radius 3 is 2.54 bits per heavy atom. The number of benzene rings is 1. The van der Waals surface area contributed by atoms with Gasteiger partial charge in [-0.05, 0) is 24.3 Å². The van der Waals surface area contributed by atoms with Crippen LogP contribution >= 0.6 is 11.6 Å². The molecule has 1 saturated heterocycles. The Balaban J connectivity index is 1.57. The molecule has 1 fully saturated rings. The predicted molar refractivity (Wildman–Crippen MR) is 90.7 cm³/mol. The SMILES string of the molecule is COC(=O)c1ccc(N2CCC(Oc3ccccc3Cl)CC2)nn1. The van der Waals surface area contributed by atoms with Crippen LogP contribution in [0.25, 0.3) is 0 Å². The molecule has 0 aliphatic carbocycles. The third-order valence-corrected chi connectivity index (χ3v) is 4.25. The number of rotatable bonds is 4. The summed E-state index contributed by atoms with van der Waals surface area (Å²) in [7, 11) is 1.32. The Bertz CT molecular complexity index is 700. The first-order valence-corrected chi connectivity index (χ1v) is 8.13. The van der Waals surface area contributed by atoms with Gasteiger partial charge in [-0.1, -0.05) is 23.7 Å². The maximum absolute atomic E-state index is 11.4. The summed E-state index contributed by atoms with van der Waals surface area (Å²) >= 11 is 6.13. The highest BCUT2D eigenvalue weighted by Crippen LogP contribution is 2.27. The zero-order valence-corrected chi connectivity index (χ0v) is 14.1. The van der Waals surface area contributed by atoms with Crippen LogP contribution in [-0.2, 0) is 4.74 Å². The molecule has 0 spiro atoms. The van der Waals surface area contributed by atoms with Crippen LogP contribution in [0.3, 0.4) is 0 Å². The van der Waals surface area contributed by atoms with Gasteiger partial charge in [-0.2, -0.15) is 0 Å². The van der Waals surface area contributed by atoms with E-state index in [0.717, 1.165) is 37.5 Å². The van der Waals surface area contributed by atoms with Gasteiger partial charge >= 0.3 is 5.97 Å². The van der Waals surface area contributed by atoms with Gasteiger partial charge in [0.2, 0.25) is 0 Å². The van der Waals surface area contributed by atoms with Crippen molar-refractivity contribution >= 4 is 23.4 Å². The zero-order chi connectivity index (χ0) is 16.9. The number of aromatic nitrogens is 2. The first-order valence-electron chi connectivity index (χ1n) is 7.75. The Labute approximate surface area is 145 Å². The van der Waals surface area contributed by atoms with Crippen LogP contribution in [-0.4, -0.2) is 42.5 Å². The molecule has 24 heavy (non-hydrogen) atoms. The van der Waals surface area contributed by atoms with E-state index in [1.54, 1.807) is 12.1 Å². The summed E-state index contributed by atoms with van der Waals surface area (Å²) in [5.41, 5.74) is 0.207. The number of anilines is 1. The van der Waals surface area contributed by atoms with Gasteiger partial charge in [0.1, 0.15) is 11.9 Å². The lowest BCUT2D eigenvalue weighted by atomic mass is 10.1. The summed E-state index contributed by atoms with van der Waals surface area (Å²) in [5.74, 6) is 0.986. The van der Waals surface area contributed by atoms with E-state index >= 15 is 0 Å². The number of para-hydroxylation sites is 1. The van der Waals surface area contributed by atoms with Crippen molar-refractivity contribution in [2.75, 3.05) is 25.1 Å². The highest BCUT2D eigenvalue weighted by atomic mass is 35.5. The van der Waals surface area contributed by atoms with Crippen molar-refractivity contribution < 1.29 is 14.3 Å². The summed E-state index contributed by atoms with van der Waals surface area (Å²) in [6.45, 7) is 1.61. The maximum Gasteiger partial charge on any atom is 0.358 e. The normalized spacial score (nSPS) is 15.2. The number of hydrogen-bond donors (Lipinski definition) is 0. The first kappa shape index (κ1) is 16.5. The summed E-state index contributed by atoms with van der Waals surface area (Å²) < 4.78 is 10.6. The summed E-state index contributed by atoms with van der Waals surface area (Å²) in [6.07, 6.45) is 1.86. The number of carbonyl (C=O) groups is 1. The Kier molecular flexibility index (Phi) is 5.15. The third kappa shape index (κ3) is 3.76. The summed E-state index contributed by atoms with van der Waals surface area (Å²) in [5, 5.41) is 8.64. The molecule has 1 aliphatic heterocycles. The number of carbonyl (C=O) groups excluding carboxylic acids is 1. The lowest BCUT2D eigenvalue weighted by Crippen LogP contribution is -2.38. The molecule has 0 atom stereocenters. The molecule has 2 aromatic rings. The van der Waals surface area contributed by atoms with Crippen molar-refractivity contribution in [3.63, 3.8) is 0 Å². The van der Waals surface area contributed by atoms with Gasteiger partial charge in [0.15, 0.2) is 11.5 Å². The third-order valence-electron chi connectivity index (χ3n) is 3.94. The number of ether oxygens (including phenoxy) is 2. The molecule has 0 bridgehead atoms. The molecule has 0 radical (unpaired) electrons. The second kappa shape index (κ2) is 7.49. The summed E-state index contributed by atoms with van der Waals surface area (Å²) in [6, 6.07) is 10.9. The molecule has 0 N–H and O–H groups in total. The van der Waals surface area contributed by atoms with Gasteiger partial charge in [0, 0.05) is 25.9 Å². The van der Waals surface area contributed by atoms with Crippen LogP contribution in [0, 0.1) is 0 Å². The quantitative estimate of drug-likeness (QED) is 0.792. The van der Waals surface area contributed by atoms with Gasteiger partial charge in [0.25, 0.3) is 0 Å². The minimum Gasteiger partial charge on any atom is -0.489 e. The van der Waals surface area contributed by atoms with E-state index in [1.807, 2.05) is 24.3 Å². The van der Waals surface area contributed by atoms with Gasteiger partial charge in [-0.25, -0.2) is 4.79 Å². The average Bonchev–Trinajstić information content (AvgIpc) is 2.64. The van der Waals surface area contributed by atoms with Crippen molar-refractivity contribution in [1.82, 2.24) is 10.2 Å². The Morgan fingerprint density at radius 2 is 1.92 bits per heavy atom. The standard InChI is InChI=1S/C17H18ClN3O3/c1-23-17(22)14-6-7-16(20-19-14)21-10-8-12(9-11-21)24-15-5-3-2-4-13(15)18/h2-7,12H,8-11H2,1H3. The van der Waals surface area contributed by atoms with Crippen LogP contribution in [0.5, 0.6) is 5.75 Å². The van der Waals surface area contributed by atoms with Gasteiger partial charge in [-0.3, -0.25) is 0 Å². The van der Waals surface area contributed by atoms with E-state index < -0.39 is 5.97 Å². The van der Waals surface area contributed by atoms with E-state index in [9.17, 15) is 4.79 Å². The van der Waals surface area contributed by atoms with Crippen LogP contribution in [0.2, 0.25) is 5.02 Å². The van der Waals surface area contributed by atoms with Gasteiger partial charge < -0.3 is 14.4 Å². The molecule has 1 aromatic heterocycles. The van der Waals surface area contributed by atoms with Crippen LogP contribution in [0.15, 0.2) is 36.4 Å². The molecule has 1 aromatic carbocycles. The van der Waals surface area contributed by atoms with Crippen molar-refractivity contribution in [3.8, 4) is 5.75 Å². The second-order valence-electron chi connectivity index (χ2n) is 5.50. The minimum absolute atomic E-state index is 0.128. The fraction of sp³-hybridized carbons (Fsp3) is 0.353. The van der Waals surface area contributed by atoms with Crippen LogP contribution in [0.1, 0.15) is 23.3 Å². The predicted octanol–water partition coefficient (Wildman–Crippen LogP) is 2.96. The van der Waals surface area contributed by atoms with Crippen molar-refractivity contribution in [1.29, 1.82) is 0 Å². The van der Waals surface area contributed by atoms with Crippen LogP contribution < -0.4 is 9.64 Å². The highest BCUT2D eigenvalue weighted by molar-refractivity contribution is 6.32. The molecular weight excluding hydrogens is 330 g/mol. The molecule has 7 heteroatoms. The molecule has 1 aliphatic rings. The fourth-order valence-corrected chi connectivity index (χ4v) is 2.81. The van der Waals surface area contributed by atoms with Crippen molar-refractivity contribution in [3.05, 3.63) is 47.1 Å². The summed E-state index contributed by atoms with van der Waals surface area (Å²) in [4.78, 5) is 13.5. The van der Waals surface area contributed by atoms with Crippen LogP contribution in [0.4, 0.5) is 5.82 Å². The van der Waals surface area contributed by atoms with E-state index in [1.165, 1.54) is 7.11 Å². The number of methoxy groups -OCH3 is 1. The van der Waals surface area contributed by atoms with E-state index in [0.29, 0.717) is 5.02 Å². The Hall–Kier alpha value is -2.34. The lowest BCUT2D eigenvalue weighted by molar-refractivity contribution is 0.0592. The number of nitrogens with zero attached hydrogens (tertiary/aromatic N) is 3. The van der Waals surface area contributed by atoms with E-state index in [2.05, 4.69) is 19.8 Å². The van der Waals surface area contributed by atoms with Crippen molar-refractivity contribution in [2.45, 2.75) is 18.9 Å². The van der Waals surface area contributed by atoms with E-state index in [4.69, 9.17) is 16.3 Å². The average molecular weight is 348 g/mol. The number of hydrogen-bond acceptors (Lipinski definition) is 6. The number of halogens is 1. The lowest BCUT2D eigenvalue weighted by Gasteiger charge is -2.32. The Morgan fingerprint density at radius 1 is 1.17 bits per heavy atom. The topological polar surface area (TPSA) is 64.5 Å². The minimum atomic E-state index is -0.485. The van der Waals surface area contributed by atoms with Crippen molar-refractivity contribution in [2.24, 2.45) is 0 Å². The smallest absolute Gasteiger partial charge is 0.358 e. The molecule has 3 rings (SSSR count). The number of piperidine rings is 1.